The molecule has 0 amide bonds. The maximum Gasteiger partial charge on any atom is 0.194 e. The maximum atomic E-state index is 13.5. The molecule has 0 unspecified atom stereocenters. The molecular weight excluding hydrogens is 381 g/mol. The van der Waals surface area contributed by atoms with Gasteiger partial charge in [-0.3, -0.25) is 0 Å². The molecule has 0 saturated heterocycles. The third kappa shape index (κ3) is 4.76. The fraction of sp³-hybridized carbons (Fsp3) is 0.556. The van der Waals surface area contributed by atoms with E-state index in [9.17, 15) is 13.2 Å². The van der Waals surface area contributed by atoms with E-state index in [0.717, 1.165) is 29.9 Å². The summed E-state index contributed by atoms with van der Waals surface area (Å²) in [5, 5.41) is 0. The van der Waals surface area contributed by atoms with Crippen LogP contribution in [0.2, 0.25) is 0 Å². The standard InChI is InChI=1S/C27H33F3/c1-2-3-18-4-6-19(7-5-18)20-8-10-21(11-9-20)22-12-14-23(15-13-22)24-16-25(28)27(30)26(29)17-24/h12-21H,2-11H2,1H3. The summed E-state index contributed by atoms with van der Waals surface area (Å²) >= 11 is 0. The summed E-state index contributed by atoms with van der Waals surface area (Å²) in [6.07, 6.45) is 13.6. The quantitative estimate of drug-likeness (QED) is 0.429. The third-order valence-electron chi connectivity index (χ3n) is 7.73. The van der Waals surface area contributed by atoms with Gasteiger partial charge in [0.25, 0.3) is 0 Å². The second-order valence-corrected chi connectivity index (χ2v) is 9.56. The van der Waals surface area contributed by atoms with Crippen molar-refractivity contribution in [3.63, 3.8) is 0 Å². The minimum Gasteiger partial charge on any atom is -0.204 e. The molecule has 0 radical (unpaired) electrons. The lowest BCUT2D eigenvalue weighted by Gasteiger charge is -2.38. The highest BCUT2D eigenvalue weighted by Crippen LogP contribution is 2.44. The second-order valence-electron chi connectivity index (χ2n) is 9.56. The van der Waals surface area contributed by atoms with Crippen LogP contribution in [0.3, 0.4) is 0 Å². The Labute approximate surface area is 178 Å². The SMILES string of the molecule is CCCC1CCC(C2CCC(c3ccc(-c4cc(F)c(F)c(F)c4)cc3)CC2)CC1. The Kier molecular flexibility index (Phi) is 6.85. The Hall–Kier alpha value is -1.77. The van der Waals surface area contributed by atoms with E-state index in [0.29, 0.717) is 17.0 Å². The Morgan fingerprint density at radius 2 is 1.23 bits per heavy atom. The molecule has 0 bridgehead atoms. The number of hydrogen-bond acceptors (Lipinski definition) is 0. The van der Waals surface area contributed by atoms with E-state index >= 15 is 0 Å². The molecule has 162 valence electrons. The molecule has 3 heteroatoms. The van der Waals surface area contributed by atoms with Crippen molar-refractivity contribution in [1.29, 1.82) is 0 Å². The van der Waals surface area contributed by atoms with Gasteiger partial charge >= 0.3 is 0 Å². The van der Waals surface area contributed by atoms with Crippen LogP contribution in [-0.2, 0) is 0 Å². The van der Waals surface area contributed by atoms with E-state index in [1.54, 1.807) is 0 Å². The number of halogens is 3. The molecule has 0 heterocycles. The Morgan fingerprint density at radius 1 is 0.700 bits per heavy atom. The summed E-state index contributed by atoms with van der Waals surface area (Å²) in [4.78, 5) is 0. The fourth-order valence-electron chi connectivity index (χ4n) is 5.95. The first kappa shape index (κ1) is 21.5. The van der Waals surface area contributed by atoms with E-state index in [4.69, 9.17) is 0 Å². The number of benzene rings is 2. The van der Waals surface area contributed by atoms with Crippen molar-refractivity contribution in [2.24, 2.45) is 17.8 Å². The Bertz CT molecular complexity index is 803. The summed E-state index contributed by atoms with van der Waals surface area (Å²) in [7, 11) is 0. The fourth-order valence-corrected chi connectivity index (χ4v) is 5.95. The average Bonchev–Trinajstić information content (AvgIpc) is 2.78. The van der Waals surface area contributed by atoms with Crippen LogP contribution < -0.4 is 0 Å². The molecule has 2 aliphatic rings. The first-order valence-corrected chi connectivity index (χ1v) is 11.8. The molecule has 0 nitrogen and oxygen atoms in total. The molecule has 0 spiro atoms. The van der Waals surface area contributed by atoms with E-state index in [1.807, 2.05) is 12.1 Å². The van der Waals surface area contributed by atoms with Gasteiger partial charge in [0.15, 0.2) is 17.5 Å². The molecule has 2 aromatic rings. The van der Waals surface area contributed by atoms with Crippen molar-refractivity contribution in [2.75, 3.05) is 0 Å². The van der Waals surface area contributed by atoms with Crippen LogP contribution >= 0.6 is 0 Å². The minimum absolute atomic E-state index is 0.375. The largest absolute Gasteiger partial charge is 0.204 e. The smallest absolute Gasteiger partial charge is 0.194 e. The van der Waals surface area contributed by atoms with Gasteiger partial charge in [0.2, 0.25) is 0 Å². The average molecular weight is 415 g/mol. The summed E-state index contributed by atoms with van der Waals surface area (Å²) in [6.45, 7) is 2.30. The lowest BCUT2D eigenvalue weighted by Crippen LogP contribution is -2.25. The van der Waals surface area contributed by atoms with Gasteiger partial charge in [-0.2, -0.15) is 0 Å². The van der Waals surface area contributed by atoms with Gasteiger partial charge in [-0.25, -0.2) is 13.2 Å². The van der Waals surface area contributed by atoms with Gasteiger partial charge in [-0.1, -0.05) is 56.9 Å². The Balaban J connectivity index is 1.33. The molecule has 2 aliphatic carbocycles. The summed E-state index contributed by atoms with van der Waals surface area (Å²) < 4.78 is 40.3. The van der Waals surface area contributed by atoms with Crippen LogP contribution in [0.25, 0.3) is 11.1 Å². The molecule has 4 rings (SSSR count). The highest BCUT2D eigenvalue weighted by atomic mass is 19.2. The van der Waals surface area contributed by atoms with Crippen molar-refractivity contribution < 1.29 is 13.2 Å². The molecule has 2 aromatic carbocycles. The zero-order valence-corrected chi connectivity index (χ0v) is 18.0. The van der Waals surface area contributed by atoms with E-state index in [-0.39, 0.29) is 0 Å². The second kappa shape index (κ2) is 9.58. The topological polar surface area (TPSA) is 0 Å². The van der Waals surface area contributed by atoms with Crippen molar-refractivity contribution in [3.05, 3.63) is 59.4 Å². The van der Waals surface area contributed by atoms with E-state index < -0.39 is 17.5 Å². The van der Waals surface area contributed by atoms with Gasteiger partial charge in [0.05, 0.1) is 0 Å². The number of hydrogen-bond donors (Lipinski definition) is 0. The van der Waals surface area contributed by atoms with E-state index in [1.165, 1.54) is 69.8 Å². The van der Waals surface area contributed by atoms with Crippen molar-refractivity contribution >= 4 is 0 Å². The van der Waals surface area contributed by atoms with Crippen LogP contribution in [0.1, 0.15) is 82.6 Å². The van der Waals surface area contributed by atoms with Crippen molar-refractivity contribution in [2.45, 2.75) is 77.0 Å². The van der Waals surface area contributed by atoms with E-state index in [2.05, 4.69) is 19.1 Å². The summed E-state index contributed by atoms with van der Waals surface area (Å²) in [5.41, 5.74) is 2.40. The minimum atomic E-state index is -1.41. The number of rotatable bonds is 5. The zero-order chi connectivity index (χ0) is 21.1. The van der Waals surface area contributed by atoms with Crippen molar-refractivity contribution in [3.8, 4) is 11.1 Å². The molecule has 2 fully saturated rings. The highest BCUT2D eigenvalue weighted by Gasteiger charge is 2.31. The third-order valence-corrected chi connectivity index (χ3v) is 7.73. The van der Waals surface area contributed by atoms with Crippen LogP contribution in [0.4, 0.5) is 13.2 Å². The first-order valence-electron chi connectivity index (χ1n) is 11.8. The summed E-state index contributed by atoms with van der Waals surface area (Å²) in [6, 6.07) is 10.1. The lowest BCUT2D eigenvalue weighted by molar-refractivity contribution is 0.156. The van der Waals surface area contributed by atoms with Crippen LogP contribution in [0.5, 0.6) is 0 Å². The Morgan fingerprint density at radius 3 is 1.77 bits per heavy atom. The van der Waals surface area contributed by atoms with Crippen LogP contribution in [-0.4, -0.2) is 0 Å². The molecule has 0 N–H and O–H groups in total. The molecule has 2 saturated carbocycles. The lowest BCUT2D eigenvalue weighted by atomic mass is 9.68. The molecule has 0 aliphatic heterocycles. The predicted molar refractivity (Wildman–Crippen MR) is 117 cm³/mol. The predicted octanol–water partition coefficient (Wildman–Crippen LogP) is 8.65. The van der Waals surface area contributed by atoms with Gasteiger partial charge in [0.1, 0.15) is 0 Å². The highest BCUT2D eigenvalue weighted by molar-refractivity contribution is 5.64. The summed E-state index contributed by atoms with van der Waals surface area (Å²) in [5.74, 6) is -0.311. The molecule has 0 aromatic heterocycles. The van der Waals surface area contributed by atoms with Crippen LogP contribution in [0.15, 0.2) is 36.4 Å². The van der Waals surface area contributed by atoms with Gasteiger partial charge in [-0.05, 0) is 91.0 Å². The van der Waals surface area contributed by atoms with Crippen molar-refractivity contribution in [1.82, 2.24) is 0 Å². The van der Waals surface area contributed by atoms with Crippen LogP contribution in [0, 0.1) is 35.2 Å². The molecule has 0 atom stereocenters. The first-order chi connectivity index (χ1) is 14.5. The van der Waals surface area contributed by atoms with Gasteiger partial charge < -0.3 is 0 Å². The monoisotopic (exact) mass is 414 g/mol. The van der Waals surface area contributed by atoms with Gasteiger partial charge in [-0.15, -0.1) is 0 Å². The molecular formula is C27H33F3. The maximum absolute atomic E-state index is 13.5. The molecule has 30 heavy (non-hydrogen) atoms. The van der Waals surface area contributed by atoms with Gasteiger partial charge in [0, 0.05) is 0 Å². The zero-order valence-electron chi connectivity index (χ0n) is 18.0. The normalized spacial score (nSPS) is 27.2.